The van der Waals surface area contributed by atoms with Crippen LogP contribution in [0.3, 0.4) is 0 Å². The van der Waals surface area contributed by atoms with Crippen molar-refractivity contribution in [1.82, 2.24) is 15.5 Å². The summed E-state index contributed by atoms with van der Waals surface area (Å²) in [4.78, 5) is 27.9. The molecule has 0 bridgehead atoms. The van der Waals surface area contributed by atoms with E-state index in [1.165, 1.54) is 17.7 Å². The van der Waals surface area contributed by atoms with Crippen molar-refractivity contribution in [3.05, 3.63) is 22.4 Å². The zero-order valence-electron chi connectivity index (χ0n) is 17.2. The highest BCUT2D eigenvalue weighted by atomic mass is 32.1. The molecular weight excluding hydrogens is 358 g/mol. The van der Waals surface area contributed by atoms with Gasteiger partial charge in [-0.2, -0.15) is 0 Å². The van der Waals surface area contributed by atoms with Gasteiger partial charge in [0.25, 0.3) is 0 Å². The van der Waals surface area contributed by atoms with Crippen LogP contribution in [0.1, 0.15) is 64.3 Å². The van der Waals surface area contributed by atoms with E-state index >= 15 is 0 Å². The van der Waals surface area contributed by atoms with E-state index in [-0.39, 0.29) is 23.3 Å². The number of carbonyl (C=O) groups is 2. The van der Waals surface area contributed by atoms with Crippen molar-refractivity contribution in [2.24, 2.45) is 11.3 Å². The van der Waals surface area contributed by atoms with Crippen LogP contribution in [-0.4, -0.2) is 42.9 Å². The molecule has 0 saturated carbocycles. The minimum absolute atomic E-state index is 0.0278. The van der Waals surface area contributed by atoms with Crippen molar-refractivity contribution in [2.75, 3.05) is 26.2 Å². The first-order chi connectivity index (χ1) is 12.8. The number of likely N-dealkylation sites (tertiary alicyclic amines) is 1. The second-order valence-electron chi connectivity index (χ2n) is 8.66. The number of rotatable bonds is 8. The van der Waals surface area contributed by atoms with Crippen molar-refractivity contribution in [3.63, 3.8) is 0 Å². The second-order valence-corrected chi connectivity index (χ2v) is 9.64. The SMILES string of the molecule is CC1CCN(C(CNC(=O)CCCNC(=O)C(C)(C)C)c2cccs2)CC1. The summed E-state index contributed by atoms with van der Waals surface area (Å²) in [5.41, 5.74) is -0.387. The summed E-state index contributed by atoms with van der Waals surface area (Å²) in [7, 11) is 0. The lowest BCUT2D eigenvalue weighted by molar-refractivity contribution is -0.128. The standard InChI is InChI=1S/C21H35N3O2S/c1-16-9-12-24(13-10-16)17(18-7-6-14-27-18)15-23-19(25)8-5-11-22-20(26)21(2,3)4/h6-7,14,16-17H,5,8-13,15H2,1-4H3,(H,22,26)(H,23,25). The molecule has 2 rings (SSSR count). The molecule has 0 aliphatic carbocycles. The number of thiophene rings is 1. The first kappa shape index (κ1) is 21.9. The van der Waals surface area contributed by atoms with Gasteiger partial charge >= 0.3 is 0 Å². The molecule has 6 heteroatoms. The zero-order valence-corrected chi connectivity index (χ0v) is 18.0. The second kappa shape index (κ2) is 10.2. The van der Waals surface area contributed by atoms with Crippen LogP contribution >= 0.6 is 11.3 Å². The van der Waals surface area contributed by atoms with Crippen LogP contribution in [-0.2, 0) is 9.59 Å². The molecule has 152 valence electrons. The number of piperidine rings is 1. The van der Waals surface area contributed by atoms with E-state index < -0.39 is 0 Å². The Labute approximate surface area is 167 Å². The Morgan fingerprint density at radius 3 is 2.56 bits per heavy atom. The zero-order chi connectivity index (χ0) is 19.9. The highest BCUT2D eigenvalue weighted by Crippen LogP contribution is 2.29. The number of nitrogens with zero attached hydrogens (tertiary/aromatic N) is 1. The topological polar surface area (TPSA) is 61.4 Å². The summed E-state index contributed by atoms with van der Waals surface area (Å²) >= 11 is 1.76. The minimum atomic E-state index is -0.387. The Morgan fingerprint density at radius 1 is 1.26 bits per heavy atom. The summed E-state index contributed by atoms with van der Waals surface area (Å²) in [6.07, 6.45) is 3.56. The number of nitrogens with one attached hydrogen (secondary N) is 2. The predicted octanol–water partition coefficient (Wildman–Crippen LogP) is 3.58. The van der Waals surface area contributed by atoms with E-state index in [0.717, 1.165) is 19.0 Å². The van der Waals surface area contributed by atoms with E-state index in [1.807, 2.05) is 20.8 Å². The third kappa shape index (κ3) is 7.26. The molecule has 2 amide bonds. The smallest absolute Gasteiger partial charge is 0.225 e. The van der Waals surface area contributed by atoms with Crippen LogP contribution < -0.4 is 10.6 Å². The number of amides is 2. The molecule has 0 radical (unpaired) electrons. The Kier molecular flexibility index (Phi) is 8.29. The highest BCUT2D eigenvalue weighted by molar-refractivity contribution is 7.10. The van der Waals surface area contributed by atoms with E-state index in [0.29, 0.717) is 25.9 Å². The molecule has 1 atom stereocenters. The molecule has 1 aromatic heterocycles. The van der Waals surface area contributed by atoms with Crippen LogP contribution in [0, 0.1) is 11.3 Å². The van der Waals surface area contributed by atoms with Crippen molar-refractivity contribution in [3.8, 4) is 0 Å². The molecular formula is C21H35N3O2S. The summed E-state index contributed by atoms with van der Waals surface area (Å²) in [5.74, 6) is 0.884. The summed E-state index contributed by atoms with van der Waals surface area (Å²) in [6.45, 7) is 11.4. The number of carbonyl (C=O) groups excluding carboxylic acids is 2. The van der Waals surface area contributed by atoms with Crippen molar-refractivity contribution in [1.29, 1.82) is 0 Å². The molecule has 1 fully saturated rings. The van der Waals surface area contributed by atoms with Gasteiger partial charge in [0.1, 0.15) is 0 Å². The molecule has 5 nitrogen and oxygen atoms in total. The van der Waals surface area contributed by atoms with E-state index in [2.05, 4.69) is 40.0 Å². The lowest BCUT2D eigenvalue weighted by Gasteiger charge is -2.36. The largest absolute Gasteiger partial charge is 0.356 e. The van der Waals surface area contributed by atoms with Crippen LogP contribution in [0.5, 0.6) is 0 Å². The Bertz CT molecular complexity index is 587. The molecule has 1 unspecified atom stereocenters. The molecule has 1 aliphatic rings. The first-order valence-electron chi connectivity index (χ1n) is 10.1. The van der Waals surface area contributed by atoms with Gasteiger partial charge < -0.3 is 10.6 Å². The maximum Gasteiger partial charge on any atom is 0.225 e. The first-order valence-corrected chi connectivity index (χ1v) is 11.0. The molecule has 2 N–H and O–H groups in total. The molecule has 1 saturated heterocycles. The average Bonchev–Trinajstić information content (AvgIpc) is 3.13. The highest BCUT2D eigenvalue weighted by Gasteiger charge is 2.25. The van der Waals surface area contributed by atoms with Crippen molar-refractivity contribution in [2.45, 2.75) is 59.4 Å². The molecule has 0 aromatic carbocycles. The fourth-order valence-electron chi connectivity index (χ4n) is 3.25. The summed E-state index contributed by atoms with van der Waals surface area (Å²) < 4.78 is 0. The normalized spacial score (nSPS) is 17.5. The lowest BCUT2D eigenvalue weighted by atomic mass is 9.96. The van der Waals surface area contributed by atoms with E-state index in [1.54, 1.807) is 11.3 Å². The van der Waals surface area contributed by atoms with Gasteiger partial charge in [0.05, 0.1) is 6.04 Å². The van der Waals surface area contributed by atoms with Crippen LogP contribution in [0.25, 0.3) is 0 Å². The fourth-order valence-corrected chi connectivity index (χ4v) is 4.11. The van der Waals surface area contributed by atoms with Gasteiger partial charge in [-0.3, -0.25) is 14.5 Å². The quantitative estimate of drug-likeness (QED) is 0.664. The summed E-state index contributed by atoms with van der Waals surface area (Å²) in [6, 6.07) is 4.52. The third-order valence-electron chi connectivity index (χ3n) is 5.17. The molecule has 1 aromatic rings. The maximum atomic E-state index is 12.3. The van der Waals surface area contributed by atoms with Gasteiger partial charge in [-0.1, -0.05) is 33.8 Å². The average molecular weight is 394 g/mol. The Morgan fingerprint density at radius 2 is 1.96 bits per heavy atom. The van der Waals surface area contributed by atoms with Crippen molar-refractivity contribution >= 4 is 23.2 Å². The van der Waals surface area contributed by atoms with Gasteiger partial charge in [-0.25, -0.2) is 0 Å². The number of hydrogen-bond donors (Lipinski definition) is 2. The number of hydrogen-bond acceptors (Lipinski definition) is 4. The lowest BCUT2D eigenvalue weighted by Crippen LogP contribution is -2.41. The summed E-state index contributed by atoms with van der Waals surface area (Å²) in [5, 5.41) is 8.11. The Balaban J connectivity index is 1.76. The maximum absolute atomic E-state index is 12.3. The van der Waals surface area contributed by atoms with Gasteiger partial charge in [0.2, 0.25) is 11.8 Å². The molecule has 0 spiro atoms. The van der Waals surface area contributed by atoms with Gasteiger partial charge in [0, 0.05) is 29.8 Å². The van der Waals surface area contributed by atoms with Crippen LogP contribution in [0.15, 0.2) is 17.5 Å². The minimum Gasteiger partial charge on any atom is -0.356 e. The van der Waals surface area contributed by atoms with Gasteiger partial charge in [0.15, 0.2) is 0 Å². The predicted molar refractivity (Wildman–Crippen MR) is 112 cm³/mol. The van der Waals surface area contributed by atoms with Crippen molar-refractivity contribution < 1.29 is 9.59 Å². The van der Waals surface area contributed by atoms with Crippen LogP contribution in [0.2, 0.25) is 0 Å². The van der Waals surface area contributed by atoms with E-state index in [4.69, 9.17) is 0 Å². The van der Waals surface area contributed by atoms with Gasteiger partial charge in [-0.15, -0.1) is 11.3 Å². The Hall–Kier alpha value is -1.40. The molecule has 27 heavy (non-hydrogen) atoms. The van der Waals surface area contributed by atoms with E-state index in [9.17, 15) is 9.59 Å². The monoisotopic (exact) mass is 393 g/mol. The fraction of sp³-hybridized carbons (Fsp3) is 0.714. The third-order valence-corrected chi connectivity index (χ3v) is 6.14. The molecule has 1 aliphatic heterocycles. The van der Waals surface area contributed by atoms with Gasteiger partial charge in [-0.05, 0) is 49.7 Å². The molecule has 2 heterocycles. The van der Waals surface area contributed by atoms with Crippen LogP contribution in [0.4, 0.5) is 0 Å².